The summed E-state index contributed by atoms with van der Waals surface area (Å²) in [7, 11) is 1.69. The van der Waals surface area contributed by atoms with Gasteiger partial charge < -0.3 is 10.1 Å². The van der Waals surface area contributed by atoms with Crippen LogP contribution >= 0.6 is 35.0 Å². The summed E-state index contributed by atoms with van der Waals surface area (Å²) in [4.78, 5) is 12.1. The SMILES string of the molecule is COC1(CNC(=O)c2cc(Cl)cc(Cl)c2)CCSC1. The van der Waals surface area contributed by atoms with Crippen molar-refractivity contribution in [2.75, 3.05) is 25.2 Å². The van der Waals surface area contributed by atoms with E-state index in [1.165, 1.54) is 0 Å². The fourth-order valence-corrected chi connectivity index (χ4v) is 3.91. The Balaban J connectivity index is 2.01. The highest BCUT2D eigenvalue weighted by atomic mass is 35.5. The second-order valence-electron chi connectivity index (χ2n) is 4.53. The first kappa shape index (κ1) is 15.0. The van der Waals surface area contributed by atoms with E-state index in [-0.39, 0.29) is 11.5 Å². The molecular weight excluding hydrogens is 305 g/mol. The number of thioether (sulfide) groups is 1. The average Bonchev–Trinajstić information content (AvgIpc) is 2.84. The Morgan fingerprint density at radius 1 is 1.42 bits per heavy atom. The van der Waals surface area contributed by atoms with Gasteiger partial charge in [-0.05, 0) is 30.4 Å². The van der Waals surface area contributed by atoms with E-state index in [1.54, 1.807) is 25.3 Å². The van der Waals surface area contributed by atoms with Crippen LogP contribution in [0.3, 0.4) is 0 Å². The molecule has 1 amide bonds. The number of halogens is 2. The van der Waals surface area contributed by atoms with Crippen LogP contribution in [0, 0.1) is 0 Å². The first-order valence-corrected chi connectivity index (χ1v) is 7.83. The van der Waals surface area contributed by atoms with Gasteiger partial charge in [-0.1, -0.05) is 23.2 Å². The van der Waals surface area contributed by atoms with Crippen LogP contribution in [0.4, 0.5) is 0 Å². The summed E-state index contributed by atoms with van der Waals surface area (Å²) < 4.78 is 5.54. The number of rotatable bonds is 4. The van der Waals surface area contributed by atoms with E-state index in [9.17, 15) is 4.79 Å². The molecule has 1 unspecified atom stereocenters. The Kier molecular flexibility index (Phi) is 5.01. The molecular formula is C13H15Cl2NO2S. The molecule has 1 aromatic carbocycles. The van der Waals surface area contributed by atoms with Gasteiger partial charge >= 0.3 is 0 Å². The van der Waals surface area contributed by atoms with Crippen molar-refractivity contribution in [3.63, 3.8) is 0 Å². The van der Waals surface area contributed by atoms with Gasteiger partial charge in [0.15, 0.2) is 0 Å². The Labute approximate surface area is 127 Å². The molecule has 1 atom stereocenters. The Hall–Kier alpha value is -0.420. The van der Waals surface area contributed by atoms with E-state index in [0.29, 0.717) is 22.2 Å². The fraction of sp³-hybridized carbons (Fsp3) is 0.462. The number of amides is 1. The summed E-state index contributed by atoms with van der Waals surface area (Å²) in [5.74, 6) is 1.78. The lowest BCUT2D eigenvalue weighted by molar-refractivity contribution is 0.0137. The second-order valence-corrected chi connectivity index (χ2v) is 6.51. The van der Waals surface area contributed by atoms with Gasteiger partial charge in [-0.15, -0.1) is 0 Å². The van der Waals surface area contributed by atoms with E-state index in [4.69, 9.17) is 27.9 Å². The highest BCUT2D eigenvalue weighted by Gasteiger charge is 2.34. The molecule has 104 valence electrons. The summed E-state index contributed by atoms with van der Waals surface area (Å²) >= 11 is 13.6. The van der Waals surface area contributed by atoms with Crippen LogP contribution < -0.4 is 5.32 Å². The van der Waals surface area contributed by atoms with Crippen LogP contribution in [0.1, 0.15) is 16.8 Å². The number of hydrogen-bond donors (Lipinski definition) is 1. The van der Waals surface area contributed by atoms with Gasteiger partial charge in [-0.25, -0.2) is 0 Å². The minimum absolute atomic E-state index is 0.183. The minimum Gasteiger partial charge on any atom is -0.376 e. The van der Waals surface area contributed by atoms with Crippen molar-refractivity contribution in [1.82, 2.24) is 5.32 Å². The Bertz CT molecular complexity index is 455. The van der Waals surface area contributed by atoms with Crippen LogP contribution in [0.2, 0.25) is 10.0 Å². The zero-order valence-corrected chi connectivity index (χ0v) is 12.9. The molecule has 6 heteroatoms. The molecule has 1 aliphatic rings. The minimum atomic E-state index is -0.247. The maximum Gasteiger partial charge on any atom is 0.251 e. The molecule has 0 aromatic heterocycles. The van der Waals surface area contributed by atoms with Gasteiger partial charge in [0.1, 0.15) is 0 Å². The number of ether oxygens (including phenoxy) is 1. The van der Waals surface area contributed by atoms with Crippen LogP contribution in [-0.2, 0) is 4.74 Å². The van der Waals surface area contributed by atoms with E-state index >= 15 is 0 Å². The molecule has 0 aliphatic carbocycles. The lowest BCUT2D eigenvalue weighted by Gasteiger charge is -2.26. The number of carbonyl (C=O) groups excluding carboxylic acids is 1. The van der Waals surface area contributed by atoms with Crippen molar-refractivity contribution < 1.29 is 9.53 Å². The molecule has 0 saturated carbocycles. The van der Waals surface area contributed by atoms with Crippen LogP contribution in [0.25, 0.3) is 0 Å². The van der Waals surface area contributed by atoms with Gasteiger partial charge in [0, 0.05) is 35.0 Å². The molecule has 1 fully saturated rings. The molecule has 1 aliphatic heterocycles. The zero-order chi connectivity index (χ0) is 13.9. The summed E-state index contributed by atoms with van der Waals surface area (Å²) in [6.07, 6.45) is 0.949. The van der Waals surface area contributed by atoms with Gasteiger partial charge in [0.2, 0.25) is 0 Å². The number of methoxy groups -OCH3 is 1. The largest absolute Gasteiger partial charge is 0.376 e. The Morgan fingerprint density at radius 3 is 2.63 bits per heavy atom. The first-order valence-electron chi connectivity index (χ1n) is 5.92. The molecule has 1 heterocycles. The van der Waals surface area contributed by atoms with E-state index in [1.807, 2.05) is 11.8 Å². The molecule has 3 nitrogen and oxygen atoms in total. The quantitative estimate of drug-likeness (QED) is 0.925. The highest BCUT2D eigenvalue weighted by molar-refractivity contribution is 7.99. The number of nitrogens with one attached hydrogen (secondary N) is 1. The lowest BCUT2D eigenvalue weighted by Crippen LogP contribution is -2.44. The van der Waals surface area contributed by atoms with Crippen molar-refractivity contribution in [3.05, 3.63) is 33.8 Å². The van der Waals surface area contributed by atoms with Crippen LogP contribution in [0.15, 0.2) is 18.2 Å². The van der Waals surface area contributed by atoms with Gasteiger partial charge in [-0.3, -0.25) is 4.79 Å². The van der Waals surface area contributed by atoms with E-state index in [2.05, 4.69) is 5.32 Å². The zero-order valence-electron chi connectivity index (χ0n) is 10.5. The fourth-order valence-electron chi connectivity index (χ4n) is 1.99. The van der Waals surface area contributed by atoms with Crippen molar-refractivity contribution in [3.8, 4) is 0 Å². The molecule has 2 rings (SSSR count). The van der Waals surface area contributed by atoms with E-state index in [0.717, 1.165) is 17.9 Å². The third-order valence-corrected chi connectivity index (χ3v) is 4.86. The maximum absolute atomic E-state index is 12.1. The van der Waals surface area contributed by atoms with Gasteiger partial charge in [0.25, 0.3) is 5.91 Å². The number of hydrogen-bond acceptors (Lipinski definition) is 3. The summed E-state index contributed by atoms with van der Waals surface area (Å²) in [5, 5.41) is 3.80. The Morgan fingerprint density at radius 2 is 2.11 bits per heavy atom. The smallest absolute Gasteiger partial charge is 0.251 e. The van der Waals surface area contributed by atoms with Gasteiger partial charge in [0.05, 0.1) is 5.60 Å². The molecule has 19 heavy (non-hydrogen) atoms. The first-order chi connectivity index (χ1) is 9.04. The normalized spacial score (nSPS) is 22.5. The van der Waals surface area contributed by atoms with Crippen LogP contribution in [-0.4, -0.2) is 36.7 Å². The van der Waals surface area contributed by atoms with E-state index < -0.39 is 0 Å². The lowest BCUT2D eigenvalue weighted by atomic mass is 10.0. The van der Waals surface area contributed by atoms with Crippen molar-refractivity contribution >= 4 is 40.9 Å². The molecule has 0 radical (unpaired) electrons. The summed E-state index contributed by atoms with van der Waals surface area (Å²) in [5.41, 5.74) is 0.220. The molecule has 1 aromatic rings. The molecule has 0 bridgehead atoms. The molecule has 1 N–H and O–H groups in total. The standard InChI is InChI=1S/C13H15Cl2NO2S/c1-18-13(2-3-19-8-13)7-16-12(17)9-4-10(14)6-11(15)5-9/h4-6H,2-3,7-8H2,1H3,(H,16,17). The van der Waals surface area contributed by atoms with Gasteiger partial charge in [-0.2, -0.15) is 11.8 Å². The molecule has 0 spiro atoms. The predicted octanol–water partition coefficient (Wildman–Crippen LogP) is 3.25. The summed E-state index contributed by atoms with van der Waals surface area (Å²) in [6.45, 7) is 0.499. The summed E-state index contributed by atoms with van der Waals surface area (Å²) in [6, 6.07) is 4.81. The highest BCUT2D eigenvalue weighted by Crippen LogP contribution is 2.30. The topological polar surface area (TPSA) is 38.3 Å². The van der Waals surface area contributed by atoms with Crippen LogP contribution in [0.5, 0.6) is 0 Å². The monoisotopic (exact) mass is 319 g/mol. The number of carbonyl (C=O) groups is 1. The predicted molar refractivity (Wildman–Crippen MR) is 80.5 cm³/mol. The molecule has 1 saturated heterocycles. The maximum atomic E-state index is 12.1. The van der Waals surface area contributed by atoms with Crippen molar-refractivity contribution in [2.45, 2.75) is 12.0 Å². The number of benzene rings is 1. The van der Waals surface area contributed by atoms with Crippen molar-refractivity contribution in [2.24, 2.45) is 0 Å². The third-order valence-electron chi connectivity index (χ3n) is 3.20. The average molecular weight is 320 g/mol. The second kappa shape index (κ2) is 6.35. The van der Waals surface area contributed by atoms with Crippen molar-refractivity contribution in [1.29, 1.82) is 0 Å². The third kappa shape index (κ3) is 3.78.